The Bertz CT molecular complexity index is 4660. The largest absolute Gasteiger partial charge is 2.00 e. The van der Waals surface area contributed by atoms with Crippen LogP contribution >= 0.6 is 38.4 Å². The fourth-order valence-corrected chi connectivity index (χ4v) is 29.9. The molecule has 0 spiro atoms. The molecule has 6 nitrogen and oxygen atoms in total. The normalized spacial score (nSPS) is 21.2. The fourth-order valence-electron chi connectivity index (χ4n) is 22.9. The van der Waals surface area contributed by atoms with Gasteiger partial charge in [-0.1, -0.05) is 492 Å². The topological polar surface area (TPSA) is 37.4 Å². The molecule has 8 aliphatic carbocycles. The summed E-state index contributed by atoms with van der Waals surface area (Å²) in [5.74, 6) is 4.43. The van der Waals surface area contributed by atoms with Gasteiger partial charge in [0, 0.05) is 39.5 Å². The number of nitrogens with zero attached hydrogens (tertiary/aromatic N) is 3. The molecule has 8 aliphatic rings. The first-order valence-corrected chi connectivity index (χ1v) is 56.6. The third-order valence-corrected chi connectivity index (χ3v) is 37.6. The average molecular weight is 2250 g/mol. The summed E-state index contributed by atoms with van der Waals surface area (Å²) in [5, 5.41) is 5.94. The summed E-state index contributed by atoms with van der Waals surface area (Å²) in [6, 6.07) is 99.0. The van der Waals surface area contributed by atoms with Gasteiger partial charge < -0.3 is 84.3 Å². The number of rotatable bonds is 28. The van der Waals surface area contributed by atoms with Crippen molar-refractivity contribution in [2.24, 2.45) is 23.7 Å². The molecule has 0 heterocycles. The van der Waals surface area contributed by atoms with Gasteiger partial charge >= 0.3 is 68.3 Å². The molecule has 0 radical (unpaired) electrons. The Balaban J connectivity index is 0.000000458. The molecular weight excluding hydrogens is 2060 g/mol. The second kappa shape index (κ2) is 73.0. The van der Waals surface area contributed by atoms with Crippen molar-refractivity contribution in [2.75, 3.05) is 62.1 Å². The summed E-state index contributed by atoms with van der Waals surface area (Å²) < 4.78 is 18.5. The number of likely N-dealkylation sites (N-methyl/N-ethyl adjacent to an activating group) is 3. The summed E-state index contributed by atoms with van der Waals surface area (Å²) in [5.41, 5.74) is 17.7. The van der Waals surface area contributed by atoms with Crippen molar-refractivity contribution in [3.8, 4) is 0 Å². The maximum Gasteiger partial charge on any atom is 2.00 e. The summed E-state index contributed by atoms with van der Waals surface area (Å²) in [7, 11) is 11.3. The van der Waals surface area contributed by atoms with Gasteiger partial charge in [-0.2, -0.15) is 38.5 Å². The Kier molecular flexibility index (Phi) is 67.8. The Labute approximate surface area is 935 Å². The van der Waals surface area contributed by atoms with Crippen LogP contribution in [0.3, 0.4) is 0 Å². The van der Waals surface area contributed by atoms with E-state index in [2.05, 4.69) is 420 Å². The molecule has 0 aliphatic heterocycles. The molecule has 143 heavy (non-hydrogen) atoms. The number of ether oxygens (including phenoxy) is 3. The number of benzene rings is 10. The molecule has 18 rings (SSSR count). The second-order valence-electron chi connectivity index (χ2n) is 40.7. The van der Waals surface area contributed by atoms with Gasteiger partial charge in [0.2, 0.25) is 0 Å². The number of hydrogen-bond acceptors (Lipinski definition) is 6. The van der Waals surface area contributed by atoms with Crippen LogP contribution in [0.1, 0.15) is 304 Å². The van der Waals surface area contributed by atoms with Crippen LogP contribution in [0, 0.1) is 121 Å². The van der Waals surface area contributed by atoms with Crippen molar-refractivity contribution >= 4 is 59.7 Å². The van der Waals surface area contributed by atoms with Crippen LogP contribution in [-0.4, -0.2) is 110 Å². The average Bonchev–Trinajstić information content (AvgIpc) is 1.63. The first kappa shape index (κ1) is 133. The van der Waals surface area contributed by atoms with Crippen LogP contribution in [0.25, 0.3) is 0 Å². The quantitative estimate of drug-likeness (QED) is 0.0160. The number of alkyl halides is 1. The molecule has 8 saturated carbocycles. The molecule has 10 aromatic carbocycles. The van der Waals surface area contributed by atoms with E-state index in [0.29, 0.717) is 58.9 Å². The molecule has 16 atom stereocenters. The molecule has 0 bridgehead atoms. The SMILES string of the molecule is C1CCCC1.C1CCCC1.C1CCCC1.C1CCCC1.CCC1C(c2cc(C)cc(C)c2)C[CH-]C1P(c1ccccc1)c1ccccc1.CO[C@H](c1ccccc1)[C@H](C)N(C)CC1C(c2cc(C)cc(C)c2)C[CH-]C1P(c1ccccc1)c1ccccc1.CO[C@H](c1ccccc1)[C@H](C)N(C)CC1C[CH-]CC1I.CO[C@H](c1ccccc1)[C@H](C)N(C)CC1C[CH-]CC1c1cc(C)cc(C)c1.[CH3-].[CH3-].[CH3-].[CH3-].[Fe+2].[Fe+2].[Fe+2].[Fe+2]. The van der Waals surface area contributed by atoms with Crippen LogP contribution in [0.5, 0.6) is 0 Å². The summed E-state index contributed by atoms with van der Waals surface area (Å²) in [6.45, 7) is 25.9. The second-order valence-corrected chi connectivity index (χ2v) is 47.0. The molecular formula is C130H184Fe4IN3O3P2. The van der Waals surface area contributed by atoms with Gasteiger partial charge in [0.05, 0.1) is 18.3 Å². The van der Waals surface area contributed by atoms with E-state index in [9.17, 15) is 0 Å². The van der Waals surface area contributed by atoms with Gasteiger partial charge in [-0.25, -0.2) is 0 Å². The molecule has 0 aromatic heterocycles. The van der Waals surface area contributed by atoms with Crippen molar-refractivity contribution in [1.82, 2.24) is 14.7 Å². The zero-order valence-corrected chi connectivity index (χ0v) is 99.8. The molecule has 10 unspecified atom stereocenters. The molecule has 10 aromatic rings. The molecule has 8 fully saturated rings. The monoisotopic (exact) mass is 2250 g/mol. The standard InChI is InChI=1S/C37H43NOP.C27H30P.C25H34NO.C17H25INO.4C5H10.4CH3.4Fe/c1-27-23-28(2)25-31(24-27)34-21-22-36(40(32-17-11-7-12-18-32)33-19-13-8-14-20-33)35(34)26-38(4)29(3)37(39-5)30-15-9-6-10-16-30;1-4-25-26(22-18-20(2)17-21(3)19-22)15-16-27(25)28(23-11-7-5-8-12-23)24-13-9-6-10-14-24;1-18-14-19(2)16-23(15-18)24-13-9-12-22(24)17-26(4)20(3)25(27-5)21-10-7-6-8-11-21;1-13(17(20-3)14-8-5-4-6-9-14)19(2)12-15-10-7-11-16(15)18;4*1-2-4-5-3-1;;;;;;;;/h6-20,22-25,29,34-37H,21,26H2,1-5H3;5-14,16-19,25-27H,4,15H2,1-3H3;6-11,14-16,20,22,24-25H,12-13,17H2,1-5H3;4-9,13,15-17H,10-12H2,1-3H3;4*1-5H2;4*1H3;;;;/q4*-1;;;;;4*-1;4*+2/t29-,34?,35?,36?,37-;;20-,22?,24?,25-;13-,15?,16?,17-;;;;;;;;;;;;/m0.00............/s1. The zero-order chi connectivity index (χ0) is 95.6. The summed E-state index contributed by atoms with van der Waals surface area (Å²) in [6.07, 6.45) is 49.0. The fraction of sp³-hybridized carbons (Fsp3) is 0.477. The van der Waals surface area contributed by atoms with Gasteiger partial charge in [0.25, 0.3) is 0 Å². The number of aryl methyl sites for hydroxylation is 6. The Morgan fingerprint density at radius 3 is 0.790 bits per heavy atom. The first-order chi connectivity index (χ1) is 65.7. The minimum absolute atomic E-state index is 0. The molecule has 0 saturated heterocycles. The van der Waals surface area contributed by atoms with Gasteiger partial charge in [-0.3, -0.25) is 0 Å². The van der Waals surface area contributed by atoms with Crippen molar-refractivity contribution in [1.29, 1.82) is 0 Å². The van der Waals surface area contributed by atoms with Crippen LogP contribution < -0.4 is 21.2 Å². The van der Waals surface area contributed by atoms with E-state index in [1.807, 2.05) is 21.3 Å². The van der Waals surface area contributed by atoms with Gasteiger partial charge in [-0.15, -0.1) is 11.3 Å². The minimum atomic E-state index is -0.550. The van der Waals surface area contributed by atoms with E-state index >= 15 is 0 Å². The van der Waals surface area contributed by atoms with Gasteiger partial charge in [0.1, 0.15) is 0 Å². The van der Waals surface area contributed by atoms with Crippen LogP contribution in [0.15, 0.2) is 267 Å². The summed E-state index contributed by atoms with van der Waals surface area (Å²) >= 11 is 2.60. The number of halogens is 1. The smallest absolute Gasteiger partial charge is 0.375 e. The maximum absolute atomic E-state index is 6.09. The van der Waals surface area contributed by atoms with E-state index in [1.54, 1.807) is 5.56 Å². The minimum Gasteiger partial charge on any atom is -0.375 e. The Hall–Kier alpha value is -4.37. The molecule has 0 N–H and O–H groups in total. The van der Waals surface area contributed by atoms with E-state index in [-0.39, 0.29) is 130 Å². The van der Waals surface area contributed by atoms with Crippen molar-refractivity contribution in [3.05, 3.63) is 389 Å². The van der Waals surface area contributed by atoms with Crippen molar-refractivity contribution < 1.29 is 82.5 Å². The first-order valence-electron chi connectivity index (χ1n) is 52.6. The zero-order valence-electron chi connectivity index (χ0n) is 91.4. The molecule has 13 heteroatoms. The van der Waals surface area contributed by atoms with Crippen molar-refractivity contribution in [3.63, 3.8) is 0 Å². The van der Waals surface area contributed by atoms with E-state index < -0.39 is 7.92 Å². The van der Waals surface area contributed by atoms with E-state index in [0.717, 1.165) is 35.9 Å². The molecule has 786 valence electrons. The van der Waals surface area contributed by atoms with Crippen molar-refractivity contribution in [2.45, 2.75) is 312 Å². The number of hydrogen-bond donors (Lipinski definition) is 0. The van der Waals surface area contributed by atoms with Crippen LogP contribution in [-0.2, 0) is 82.5 Å². The van der Waals surface area contributed by atoms with E-state index in [1.165, 1.54) is 249 Å². The van der Waals surface area contributed by atoms with E-state index in [4.69, 9.17) is 14.2 Å². The Morgan fingerprint density at radius 2 is 0.531 bits per heavy atom. The van der Waals surface area contributed by atoms with Gasteiger partial charge in [-0.05, 0) is 191 Å². The maximum atomic E-state index is 6.09. The summed E-state index contributed by atoms with van der Waals surface area (Å²) in [4.78, 5) is 7.49. The van der Waals surface area contributed by atoms with Crippen LogP contribution in [0.4, 0.5) is 0 Å². The predicted molar refractivity (Wildman–Crippen MR) is 622 cm³/mol. The number of methoxy groups -OCH3 is 3. The van der Waals surface area contributed by atoms with Gasteiger partial charge in [0.15, 0.2) is 0 Å². The third kappa shape index (κ3) is 42.0. The predicted octanol–water partition coefficient (Wildman–Crippen LogP) is 33.8. The van der Waals surface area contributed by atoms with Crippen LogP contribution in [0.2, 0.25) is 0 Å². The third-order valence-electron chi connectivity index (χ3n) is 30.3. The molecule has 0 amide bonds. The Morgan fingerprint density at radius 1 is 0.301 bits per heavy atom.